The van der Waals surface area contributed by atoms with Gasteiger partial charge >= 0.3 is 12.1 Å². The maximum atomic E-state index is 12.7. The molecule has 0 spiro atoms. The number of carbonyl (C=O) groups is 3. The van der Waals surface area contributed by atoms with Crippen molar-refractivity contribution in [1.82, 2.24) is 10.2 Å². The summed E-state index contributed by atoms with van der Waals surface area (Å²) >= 11 is 0. The molecular weight excluding hydrogens is 420 g/mol. The second kappa shape index (κ2) is 11.0. The minimum atomic E-state index is -0.946. The third kappa shape index (κ3) is 5.92. The van der Waals surface area contributed by atoms with Gasteiger partial charge in [-0.2, -0.15) is 0 Å². The molecule has 2 aromatic carbocycles. The van der Waals surface area contributed by atoms with Gasteiger partial charge in [0.2, 0.25) is 5.91 Å². The highest BCUT2D eigenvalue weighted by Gasteiger charge is 2.30. The third-order valence-electron chi connectivity index (χ3n) is 6.18. The van der Waals surface area contributed by atoms with Gasteiger partial charge in [-0.3, -0.25) is 9.59 Å². The molecule has 0 aliphatic heterocycles. The van der Waals surface area contributed by atoms with Crippen LogP contribution in [0.15, 0.2) is 48.5 Å². The zero-order chi connectivity index (χ0) is 24.0. The minimum absolute atomic E-state index is 0.00705. The molecule has 3 rings (SSSR count). The van der Waals surface area contributed by atoms with Gasteiger partial charge in [-0.15, -0.1) is 0 Å². The highest BCUT2D eigenvalue weighted by atomic mass is 16.5. The van der Waals surface area contributed by atoms with Crippen LogP contribution in [0.4, 0.5) is 4.79 Å². The van der Waals surface area contributed by atoms with E-state index in [1.54, 1.807) is 0 Å². The van der Waals surface area contributed by atoms with Crippen LogP contribution in [-0.2, 0) is 14.3 Å². The van der Waals surface area contributed by atoms with Crippen molar-refractivity contribution in [1.29, 1.82) is 0 Å². The van der Waals surface area contributed by atoms with Gasteiger partial charge in [0.1, 0.15) is 6.61 Å². The zero-order valence-corrected chi connectivity index (χ0v) is 19.4. The first kappa shape index (κ1) is 24.3. The highest BCUT2D eigenvalue weighted by Crippen LogP contribution is 2.44. The van der Waals surface area contributed by atoms with E-state index in [-0.39, 0.29) is 43.7 Å². The topological polar surface area (TPSA) is 95.9 Å². The minimum Gasteiger partial charge on any atom is -0.481 e. The van der Waals surface area contributed by atoms with Gasteiger partial charge in [0, 0.05) is 31.5 Å². The number of ether oxygens (including phenoxy) is 1. The van der Waals surface area contributed by atoms with E-state index in [4.69, 9.17) is 9.84 Å². The van der Waals surface area contributed by atoms with Crippen LogP contribution in [0, 0.1) is 5.92 Å². The van der Waals surface area contributed by atoms with Crippen LogP contribution in [0.3, 0.4) is 0 Å². The molecule has 1 aliphatic rings. The summed E-state index contributed by atoms with van der Waals surface area (Å²) in [5.41, 5.74) is 4.60. The molecule has 0 radical (unpaired) electrons. The van der Waals surface area contributed by atoms with Crippen LogP contribution < -0.4 is 5.32 Å². The first-order valence-corrected chi connectivity index (χ1v) is 11.4. The normalized spacial score (nSPS) is 13.2. The molecule has 0 saturated carbocycles. The molecule has 7 heteroatoms. The van der Waals surface area contributed by atoms with E-state index in [9.17, 15) is 14.4 Å². The zero-order valence-electron chi connectivity index (χ0n) is 19.4. The summed E-state index contributed by atoms with van der Waals surface area (Å²) in [5.74, 6) is -1.16. The largest absolute Gasteiger partial charge is 0.481 e. The predicted octanol–water partition coefficient (Wildman–Crippen LogP) is 4.26. The molecular formula is C26H32N2O5. The first-order chi connectivity index (χ1) is 15.8. The van der Waals surface area contributed by atoms with Gasteiger partial charge in [0.25, 0.3) is 0 Å². The Morgan fingerprint density at radius 2 is 1.61 bits per heavy atom. The summed E-state index contributed by atoms with van der Waals surface area (Å²) in [6.07, 6.45) is -0.571. The van der Waals surface area contributed by atoms with Crippen molar-refractivity contribution < 1.29 is 24.2 Å². The van der Waals surface area contributed by atoms with Crippen molar-refractivity contribution in [3.63, 3.8) is 0 Å². The fourth-order valence-corrected chi connectivity index (χ4v) is 4.25. The number of nitrogens with one attached hydrogen (secondary N) is 1. The Balaban J connectivity index is 1.61. The SMILES string of the molecule is CCN(CCC(=O)O)C(=O)CC(NC(=O)OCC1c2ccccc2-c2ccccc21)C(C)C. The fraction of sp³-hybridized carbons (Fsp3) is 0.423. The number of carbonyl (C=O) groups excluding carboxylic acids is 2. The number of aliphatic carboxylic acids is 1. The molecule has 0 fully saturated rings. The fourth-order valence-electron chi connectivity index (χ4n) is 4.25. The molecule has 0 saturated heterocycles. The summed E-state index contributed by atoms with van der Waals surface area (Å²) in [7, 11) is 0. The molecule has 176 valence electrons. The number of fused-ring (bicyclic) bond motifs is 3. The standard InChI is InChI=1S/C26H32N2O5/c1-4-28(14-13-25(30)31)24(29)15-23(17(2)3)27-26(32)33-16-22-20-11-7-5-9-18(20)19-10-6-8-12-21(19)22/h5-12,17,22-23H,4,13-16H2,1-3H3,(H,27,32)(H,30,31). The summed E-state index contributed by atoms with van der Waals surface area (Å²) in [5, 5.41) is 11.7. The predicted molar refractivity (Wildman–Crippen MR) is 126 cm³/mol. The molecule has 33 heavy (non-hydrogen) atoms. The number of alkyl carbamates (subject to hydrolysis) is 1. The Bertz CT molecular complexity index is 958. The van der Waals surface area contributed by atoms with Crippen molar-refractivity contribution in [3.8, 4) is 11.1 Å². The molecule has 0 heterocycles. The first-order valence-electron chi connectivity index (χ1n) is 11.4. The van der Waals surface area contributed by atoms with E-state index in [1.165, 1.54) is 4.90 Å². The number of nitrogens with zero attached hydrogens (tertiary/aromatic N) is 1. The van der Waals surface area contributed by atoms with Crippen LogP contribution in [0.25, 0.3) is 11.1 Å². The third-order valence-corrected chi connectivity index (χ3v) is 6.18. The van der Waals surface area contributed by atoms with Crippen LogP contribution in [-0.4, -0.2) is 53.7 Å². The Labute approximate surface area is 194 Å². The molecule has 7 nitrogen and oxygen atoms in total. The van der Waals surface area contributed by atoms with Gasteiger partial charge in [-0.1, -0.05) is 62.4 Å². The molecule has 1 aliphatic carbocycles. The molecule has 2 N–H and O–H groups in total. The number of carboxylic acid groups (broad SMARTS) is 1. The molecule has 2 amide bonds. The van der Waals surface area contributed by atoms with Crippen molar-refractivity contribution >= 4 is 18.0 Å². The lowest BCUT2D eigenvalue weighted by molar-refractivity contribution is -0.138. The molecule has 0 bridgehead atoms. The maximum Gasteiger partial charge on any atom is 0.407 e. The molecule has 1 unspecified atom stereocenters. The van der Waals surface area contributed by atoms with Crippen LogP contribution in [0.1, 0.15) is 50.7 Å². The van der Waals surface area contributed by atoms with Crippen molar-refractivity contribution in [2.24, 2.45) is 5.92 Å². The van der Waals surface area contributed by atoms with E-state index in [2.05, 4.69) is 29.6 Å². The quantitative estimate of drug-likeness (QED) is 0.561. The van der Waals surface area contributed by atoms with Crippen LogP contribution in [0.5, 0.6) is 0 Å². The Hall–Kier alpha value is -3.35. The Morgan fingerprint density at radius 1 is 1.03 bits per heavy atom. The van der Waals surface area contributed by atoms with Crippen molar-refractivity contribution in [2.45, 2.75) is 45.6 Å². The average Bonchev–Trinajstić information content (AvgIpc) is 3.11. The molecule has 0 aromatic heterocycles. The Morgan fingerprint density at radius 3 is 2.12 bits per heavy atom. The lowest BCUT2D eigenvalue weighted by Gasteiger charge is -2.26. The van der Waals surface area contributed by atoms with Crippen molar-refractivity contribution in [3.05, 3.63) is 59.7 Å². The number of rotatable bonds is 10. The van der Waals surface area contributed by atoms with E-state index >= 15 is 0 Å². The lowest BCUT2D eigenvalue weighted by Crippen LogP contribution is -2.44. The average molecular weight is 453 g/mol. The van der Waals surface area contributed by atoms with Gasteiger partial charge in [-0.25, -0.2) is 4.79 Å². The molecule has 2 aromatic rings. The van der Waals surface area contributed by atoms with Gasteiger partial charge in [0.15, 0.2) is 0 Å². The van der Waals surface area contributed by atoms with E-state index in [1.807, 2.05) is 45.0 Å². The summed E-state index contributed by atoms with van der Waals surface area (Å²) in [6.45, 7) is 6.44. The van der Waals surface area contributed by atoms with E-state index in [0.717, 1.165) is 22.3 Å². The number of carboxylic acids is 1. The molecule has 1 atom stereocenters. The van der Waals surface area contributed by atoms with Gasteiger partial charge in [-0.05, 0) is 35.1 Å². The monoisotopic (exact) mass is 452 g/mol. The van der Waals surface area contributed by atoms with Crippen molar-refractivity contribution in [2.75, 3.05) is 19.7 Å². The Kier molecular flexibility index (Phi) is 8.09. The smallest absolute Gasteiger partial charge is 0.407 e. The van der Waals surface area contributed by atoms with Gasteiger partial charge in [0.05, 0.1) is 6.42 Å². The second-order valence-electron chi connectivity index (χ2n) is 8.64. The summed E-state index contributed by atoms with van der Waals surface area (Å²) in [6, 6.07) is 15.9. The van der Waals surface area contributed by atoms with Crippen LogP contribution in [0.2, 0.25) is 0 Å². The van der Waals surface area contributed by atoms with Gasteiger partial charge < -0.3 is 20.1 Å². The number of hydrogen-bond donors (Lipinski definition) is 2. The summed E-state index contributed by atoms with van der Waals surface area (Å²) < 4.78 is 5.62. The number of benzene rings is 2. The number of amides is 2. The summed E-state index contributed by atoms with van der Waals surface area (Å²) in [4.78, 5) is 37.6. The number of hydrogen-bond acceptors (Lipinski definition) is 4. The highest BCUT2D eigenvalue weighted by molar-refractivity contribution is 5.80. The maximum absolute atomic E-state index is 12.7. The van der Waals surface area contributed by atoms with Crippen LogP contribution >= 0.6 is 0 Å². The van der Waals surface area contributed by atoms with E-state index in [0.29, 0.717) is 6.54 Å². The lowest BCUT2D eigenvalue weighted by atomic mass is 9.98. The second-order valence-corrected chi connectivity index (χ2v) is 8.64. The van der Waals surface area contributed by atoms with E-state index < -0.39 is 18.1 Å².